The number of anilines is 1. The van der Waals surface area contributed by atoms with Crippen LogP contribution in [-0.4, -0.2) is 0 Å². The van der Waals surface area contributed by atoms with Gasteiger partial charge in [-0.15, -0.1) is 0 Å². The predicted molar refractivity (Wildman–Crippen MR) is 103 cm³/mol. The van der Waals surface area contributed by atoms with E-state index in [1.165, 1.54) is 22.3 Å². The summed E-state index contributed by atoms with van der Waals surface area (Å²) >= 11 is 0. The van der Waals surface area contributed by atoms with Gasteiger partial charge < -0.3 is 5.73 Å². The van der Waals surface area contributed by atoms with Crippen LogP contribution in [0, 0.1) is 0 Å². The van der Waals surface area contributed by atoms with Crippen LogP contribution in [0.2, 0.25) is 0 Å². The van der Waals surface area contributed by atoms with Crippen molar-refractivity contribution in [1.29, 1.82) is 0 Å². The third kappa shape index (κ3) is 4.60. The molecule has 0 aromatic heterocycles. The molecular weight excluding hydrogens is 290 g/mol. The average Bonchev–Trinajstić information content (AvgIpc) is 2.62. The van der Waals surface area contributed by atoms with E-state index in [0.29, 0.717) is 0 Å². The lowest BCUT2D eigenvalue weighted by Gasteiger charge is -2.08. The standard InChI is InChI=1S/C23H23N/c24-23-16-14-19(15-17-23)8-4-5-11-21-12-6-7-13-22(21)18-20-9-2-1-3-10-20/h1-7,9-10,12-17H,8,11,18,24H2. The van der Waals surface area contributed by atoms with Gasteiger partial charge in [0.05, 0.1) is 0 Å². The SMILES string of the molecule is Nc1ccc(CC=CCc2ccccc2Cc2ccccc2)cc1. The number of benzene rings is 3. The second kappa shape index (κ2) is 8.16. The Morgan fingerprint density at radius 2 is 1.21 bits per heavy atom. The van der Waals surface area contributed by atoms with E-state index in [1.54, 1.807) is 0 Å². The highest BCUT2D eigenvalue weighted by molar-refractivity contribution is 5.40. The lowest BCUT2D eigenvalue weighted by molar-refractivity contribution is 1.11. The maximum Gasteiger partial charge on any atom is 0.0314 e. The van der Waals surface area contributed by atoms with Crippen LogP contribution in [0.5, 0.6) is 0 Å². The minimum absolute atomic E-state index is 0.817. The highest BCUT2D eigenvalue weighted by atomic mass is 14.5. The van der Waals surface area contributed by atoms with E-state index >= 15 is 0 Å². The molecule has 0 spiro atoms. The first-order chi connectivity index (χ1) is 11.8. The molecule has 120 valence electrons. The van der Waals surface area contributed by atoms with Gasteiger partial charge in [0.25, 0.3) is 0 Å². The number of nitrogen functional groups attached to an aromatic ring is 1. The van der Waals surface area contributed by atoms with Crippen LogP contribution in [0.25, 0.3) is 0 Å². The lowest BCUT2D eigenvalue weighted by Crippen LogP contribution is -1.94. The van der Waals surface area contributed by atoms with Gasteiger partial charge in [0.15, 0.2) is 0 Å². The molecule has 0 saturated heterocycles. The molecule has 0 aliphatic rings. The van der Waals surface area contributed by atoms with Gasteiger partial charge in [-0.3, -0.25) is 0 Å². The van der Waals surface area contributed by atoms with E-state index in [2.05, 4.69) is 78.9 Å². The zero-order valence-electron chi connectivity index (χ0n) is 13.9. The summed E-state index contributed by atoms with van der Waals surface area (Å²) in [6, 6.07) is 27.4. The van der Waals surface area contributed by atoms with Gasteiger partial charge in [0, 0.05) is 5.69 Å². The van der Waals surface area contributed by atoms with Gasteiger partial charge in [0.2, 0.25) is 0 Å². The molecule has 3 aromatic rings. The summed E-state index contributed by atoms with van der Waals surface area (Å²) in [5.41, 5.74) is 12.0. The first-order valence-electron chi connectivity index (χ1n) is 8.41. The van der Waals surface area contributed by atoms with E-state index in [9.17, 15) is 0 Å². The zero-order valence-corrected chi connectivity index (χ0v) is 13.9. The summed E-state index contributed by atoms with van der Waals surface area (Å²) in [5, 5.41) is 0. The van der Waals surface area contributed by atoms with E-state index in [1.807, 2.05) is 12.1 Å². The molecule has 3 aromatic carbocycles. The predicted octanol–water partition coefficient (Wildman–Crippen LogP) is 5.20. The summed E-state index contributed by atoms with van der Waals surface area (Å²) < 4.78 is 0. The minimum Gasteiger partial charge on any atom is -0.399 e. The van der Waals surface area contributed by atoms with Crippen molar-refractivity contribution in [2.24, 2.45) is 0 Å². The van der Waals surface area contributed by atoms with Gasteiger partial charge in [-0.2, -0.15) is 0 Å². The van der Waals surface area contributed by atoms with Crippen LogP contribution in [0.15, 0.2) is 91.0 Å². The quantitative estimate of drug-likeness (QED) is 0.491. The number of rotatable bonds is 6. The molecule has 0 fully saturated rings. The number of nitrogens with two attached hydrogens (primary N) is 1. The molecule has 1 nitrogen and oxygen atoms in total. The van der Waals surface area contributed by atoms with Crippen LogP contribution < -0.4 is 5.73 Å². The molecule has 0 amide bonds. The highest BCUT2D eigenvalue weighted by Crippen LogP contribution is 2.15. The Morgan fingerprint density at radius 3 is 1.96 bits per heavy atom. The molecule has 1 heteroatoms. The van der Waals surface area contributed by atoms with Crippen LogP contribution in [0.3, 0.4) is 0 Å². The molecule has 24 heavy (non-hydrogen) atoms. The van der Waals surface area contributed by atoms with E-state index in [4.69, 9.17) is 5.73 Å². The summed E-state index contributed by atoms with van der Waals surface area (Å²) in [4.78, 5) is 0. The first-order valence-corrected chi connectivity index (χ1v) is 8.41. The second-order valence-electron chi connectivity index (χ2n) is 6.05. The summed E-state index contributed by atoms with van der Waals surface area (Å²) in [7, 11) is 0. The van der Waals surface area contributed by atoms with Crippen LogP contribution in [0.1, 0.15) is 22.3 Å². The van der Waals surface area contributed by atoms with E-state index in [0.717, 1.165) is 24.9 Å². The maximum absolute atomic E-state index is 5.72. The normalized spacial score (nSPS) is 11.0. The van der Waals surface area contributed by atoms with Gasteiger partial charge in [-0.05, 0) is 53.6 Å². The van der Waals surface area contributed by atoms with Crippen molar-refractivity contribution in [3.05, 3.63) is 113 Å². The zero-order chi connectivity index (χ0) is 16.6. The maximum atomic E-state index is 5.72. The Bertz CT molecular complexity index is 786. The first kappa shape index (κ1) is 16.1. The van der Waals surface area contributed by atoms with Gasteiger partial charge in [0.1, 0.15) is 0 Å². The molecule has 0 heterocycles. The molecule has 0 bridgehead atoms. The Morgan fingerprint density at radius 1 is 0.583 bits per heavy atom. The Labute approximate surface area is 144 Å². The fourth-order valence-electron chi connectivity index (χ4n) is 2.83. The van der Waals surface area contributed by atoms with Gasteiger partial charge >= 0.3 is 0 Å². The Kier molecular flexibility index (Phi) is 5.47. The largest absolute Gasteiger partial charge is 0.399 e. The molecule has 2 N–H and O–H groups in total. The topological polar surface area (TPSA) is 26.0 Å². The molecule has 0 saturated carbocycles. The number of hydrogen-bond donors (Lipinski definition) is 1. The molecular formula is C23H23N. The van der Waals surface area contributed by atoms with Crippen molar-refractivity contribution in [3.8, 4) is 0 Å². The molecule has 0 aliphatic heterocycles. The molecule has 0 atom stereocenters. The Hall–Kier alpha value is -2.80. The van der Waals surface area contributed by atoms with Crippen LogP contribution in [0.4, 0.5) is 5.69 Å². The van der Waals surface area contributed by atoms with Gasteiger partial charge in [-0.1, -0.05) is 78.9 Å². The van der Waals surface area contributed by atoms with Crippen molar-refractivity contribution in [2.45, 2.75) is 19.3 Å². The fourth-order valence-corrected chi connectivity index (χ4v) is 2.83. The minimum atomic E-state index is 0.817. The summed E-state index contributed by atoms with van der Waals surface area (Å²) in [6.45, 7) is 0. The fraction of sp³-hybridized carbons (Fsp3) is 0.130. The van der Waals surface area contributed by atoms with Crippen LogP contribution in [-0.2, 0) is 19.3 Å². The molecule has 0 radical (unpaired) electrons. The van der Waals surface area contributed by atoms with E-state index < -0.39 is 0 Å². The smallest absolute Gasteiger partial charge is 0.0314 e. The summed E-state index contributed by atoms with van der Waals surface area (Å²) in [5.74, 6) is 0. The number of hydrogen-bond acceptors (Lipinski definition) is 1. The van der Waals surface area contributed by atoms with Crippen LogP contribution >= 0.6 is 0 Å². The van der Waals surface area contributed by atoms with Crippen molar-refractivity contribution in [1.82, 2.24) is 0 Å². The second-order valence-corrected chi connectivity index (χ2v) is 6.05. The van der Waals surface area contributed by atoms with Crippen molar-refractivity contribution < 1.29 is 0 Å². The summed E-state index contributed by atoms with van der Waals surface area (Å²) in [6.07, 6.45) is 7.41. The van der Waals surface area contributed by atoms with E-state index in [-0.39, 0.29) is 0 Å². The third-order valence-corrected chi connectivity index (χ3v) is 4.19. The number of allylic oxidation sites excluding steroid dienone is 2. The van der Waals surface area contributed by atoms with Crippen molar-refractivity contribution >= 4 is 5.69 Å². The Balaban J connectivity index is 1.62. The monoisotopic (exact) mass is 313 g/mol. The lowest BCUT2D eigenvalue weighted by atomic mass is 9.97. The third-order valence-electron chi connectivity index (χ3n) is 4.19. The molecule has 0 unspecified atom stereocenters. The van der Waals surface area contributed by atoms with Crippen molar-refractivity contribution in [3.63, 3.8) is 0 Å². The molecule has 0 aliphatic carbocycles. The molecule has 3 rings (SSSR count). The van der Waals surface area contributed by atoms with Gasteiger partial charge in [-0.25, -0.2) is 0 Å². The highest BCUT2D eigenvalue weighted by Gasteiger charge is 2.01. The van der Waals surface area contributed by atoms with Crippen molar-refractivity contribution in [2.75, 3.05) is 5.73 Å². The average molecular weight is 313 g/mol.